The minimum Gasteiger partial charge on any atom is -0.355 e. The lowest BCUT2D eigenvalue weighted by Gasteiger charge is -2.07. The third-order valence-corrected chi connectivity index (χ3v) is 5.28. The Hall–Kier alpha value is -3.45. The number of amides is 2. The molecule has 2 amide bonds. The first-order valence-corrected chi connectivity index (χ1v) is 10.2. The summed E-state index contributed by atoms with van der Waals surface area (Å²) in [6.45, 7) is 0.298. The second kappa shape index (κ2) is 8.70. The molecule has 2 aromatic heterocycles. The normalized spacial score (nSPS) is 10.8. The van der Waals surface area contributed by atoms with Crippen molar-refractivity contribution in [3.05, 3.63) is 71.6 Å². The maximum Gasteiger partial charge on any atom is 0.226 e. The van der Waals surface area contributed by atoms with Crippen LogP contribution >= 0.6 is 11.3 Å². The molecular formula is C22H20N4O2S. The molecule has 146 valence electrons. The van der Waals surface area contributed by atoms with E-state index in [0.29, 0.717) is 18.7 Å². The van der Waals surface area contributed by atoms with E-state index in [0.717, 1.165) is 27.3 Å². The number of anilines is 1. The van der Waals surface area contributed by atoms with Crippen molar-refractivity contribution in [2.24, 2.45) is 0 Å². The number of nitrogens with zero attached hydrogens (tertiary/aromatic N) is 1. The molecule has 0 aliphatic heterocycles. The van der Waals surface area contributed by atoms with Crippen molar-refractivity contribution in [1.82, 2.24) is 15.3 Å². The number of aromatic nitrogens is 2. The maximum absolute atomic E-state index is 12.2. The number of hydrogen-bond acceptors (Lipinski definition) is 4. The summed E-state index contributed by atoms with van der Waals surface area (Å²) in [6.07, 6.45) is 0.521. The number of aromatic amines is 1. The van der Waals surface area contributed by atoms with Crippen LogP contribution in [0.2, 0.25) is 0 Å². The smallest absolute Gasteiger partial charge is 0.226 e. The lowest BCUT2D eigenvalue weighted by molar-refractivity contribution is -0.120. The molecule has 0 unspecified atom stereocenters. The second-order valence-corrected chi connectivity index (χ2v) is 7.55. The molecule has 0 aliphatic rings. The zero-order valence-electron chi connectivity index (χ0n) is 15.6. The molecule has 0 atom stereocenters. The maximum atomic E-state index is 12.2. The van der Waals surface area contributed by atoms with Gasteiger partial charge in [0.15, 0.2) is 0 Å². The van der Waals surface area contributed by atoms with Gasteiger partial charge in [-0.1, -0.05) is 36.4 Å². The molecule has 29 heavy (non-hydrogen) atoms. The molecule has 4 rings (SSSR count). The fourth-order valence-electron chi connectivity index (χ4n) is 3.00. The van der Waals surface area contributed by atoms with E-state index >= 15 is 0 Å². The van der Waals surface area contributed by atoms with E-state index in [9.17, 15) is 9.59 Å². The summed E-state index contributed by atoms with van der Waals surface area (Å²) in [5.41, 5.74) is 3.35. The zero-order chi connectivity index (χ0) is 20.1. The average Bonchev–Trinajstić information content (AvgIpc) is 3.38. The number of nitrogens with one attached hydrogen (secondary N) is 3. The first-order valence-electron chi connectivity index (χ1n) is 9.31. The summed E-state index contributed by atoms with van der Waals surface area (Å²) < 4.78 is 0. The van der Waals surface area contributed by atoms with Gasteiger partial charge in [0.25, 0.3) is 0 Å². The number of carbonyl (C=O) groups is 2. The summed E-state index contributed by atoms with van der Waals surface area (Å²) in [4.78, 5) is 33.1. The molecule has 6 nitrogen and oxygen atoms in total. The van der Waals surface area contributed by atoms with Crippen LogP contribution in [-0.2, 0) is 16.0 Å². The quantitative estimate of drug-likeness (QED) is 0.435. The second-order valence-electron chi connectivity index (χ2n) is 6.61. The summed E-state index contributed by atoms with van der Waals surface area (Å²) in [5.74, 6) is 0.575. The van der Waals surface area contributed by atoms with Crippen molar-refractivity contribution in [3.8, 4) is 10.7 Å². The Labute approximate surface area is 172 Å². The summed E-state index contributed by atoms with van der Waals surface area (Å²) >= 11 is 1.62. The van der Waals surface area contributed by atoms with Crippen molar-refractivity contribution in [2.75, 3.05) is 11.9 Å². The zero-order valence-corrected chi connectivity index (χ0v) is 16.5. The lowest BCUT2D eigenvalue weighted by Crippen LogP contribution is -2.28. The van der Waals surface area contributed by atoms with Gasteiger partial charge in [-0.15, -0.1) is 11.3 Å². The molecule has 0 fully saturated rings. The number of fused-ring (bicyclic) bond motifs is 1. The van der Waals surface area contributed by atoms with Crippen LogP contribution in [0.1, 0.15) is 12.0 Å². The molecule has 2 aromatic carbocycles. The monoisotopic (exact) mass is 404 g/mol. The van der Waals surface area contributed by atoms with Crippen LogP contribution in [0.15, 0.2) is 66.0 Å². The van der Waals surface area contributed by atoms with Gasteiger partial charge in [0, 0.05) is 18.7 Å². The molecule has 0 spiro atoms. The molecule has 0 bridgehead atoms. The van der Waals surface area contributed by atoms with E-state index in [2.05, 4.69) is 20.6 Å². The first kappa shape index (κ1) is 18.9. The Morgan fingerprint density at radius 1 is 1.00 bits per heavy atom. The molecule has 0 radical (unpaired) electrons. The van der Waals surface area contributed by atoms with E-state index in [4.69, 9.17) is 0 Å². The number of imidazole rings is 1. The number of rotatable bonds is 7. The van der Waals surface area contributed by atoms with Crippen molar-refractivity contribution in [2.45, 2.75) is 12.8 Å². The minimum absolute atomic E-state index is 0.0935. The highest BCUT2D eigenvalue weighted by atomic mass is 32.1. The highest BCUT2D eigenvalue weighted by Gasteiger charge is 2.09. The fraction of sp³-hybridized carbons (Fsp3) is 0.136. The van der Waals surface area contributed by atoms with Crippen molar-refractivity contribution in [1.29, 1.82) is 0 Å². The standard InChI is InChI=1S/C22H20N4O2S/c27-20(10-11-23-21(28)13-15-5-2-1-3-6-15)24-16-8-9-17-18(14-16)26-22(25-17)19-7-4-12-29-19/h1-9,12,14H,10-11,13H2,(H,23,28)(H,24,27)(H,25,26). The molecule has 3 N–H and O–H groups in total. The summed E-state index contributed by atoms with van der Waals surface area (Å²) in [6, 6.07) is 19.1. The van der Waals surface area contributed by atoms with Crippen LogP contribution in [0, 0.1) is 0 Å². The van der Waals surface area contributed by atoms with Crippen LogP contribution in [0.4, 0.5) is 5.69 Å². The number of thiophene rings is 1. The van der Waals surface area contributed by atoms with Gasteiger partial charge in [-0.3, -0.25) is 9.59 Å². The summed E-state index contributed by atoms with van der Waals surface area (Å²) in [7, 11) is 0. The van der Waals surface area contributed by atoms with Gasteiger partial charge in [0.2, 0.25) is 11.8 Å². The van der Waals surface area contributed by atoms with Crippen molar-refractivity contribution >= 4 is 39.9 Å². The van der Waals surface area contributed by atoms with E-state index in [-0.39, 0.29) is 18.2 Å². The van der Waals surface area contributed by atoms with Gasteiger partial charge in [-0.2, -0.15) is 0 Å². The van der Waals surface area contributed by atoms with E-state index in [1.807, 2.05) is 66.0 Å². The van der Waals surface area contributed by atoms with Crippen LogP contribution in [0.3, 0.4) is 0 Å². The predicted octanol–water partition coefficient (Wildman–Crippen LogP) is 3.98. The fourth-order valence-corrected chi connectivity index (χ4v) is 3.67. The number of H-pyrrole nitrogens is 1. The Kier molecular flexibility index (Phi) is 5.67. The van der Waals surface area contributed by atoms with Crippen LogP contribution in [-0.4, -0.2) is 28.3 Å². The van der Waals surface area contributed by atoms with Gasteiger partial charge in [-0.05, 0) is 35.2 Å². The Bertz CT molecular complexity index is 1120. The average molecular weight is 404 g/mol. The molecule has 4 aromatic rings. The Balaban J connectivity index is 1.29. The van der Waals surface area contributed by atoms with Crippen LogP contribution in [0.5, 0.6) is 0 Å². The molecule has 0 saturated heterocycles. The van der Waals surface area contributed by atoms with E-state index in [1.54, 1.807) is 11.3 Å². The molecular weight excluding hydrogens is 384 g/mol. The van der Waals surface area contributed by atoms with Gasteiger partial charge in [0.05, 0.1) is 22.3 Å². The van der Waals surface area contributed by atoms with Gasteiger partial charge in [-0.25, -0.2) is 4.98 Å². The topological polar surface area (TPSA) is 86.9 Å². The van der Waals surface area contributed by atoms with Crippen molar-refractivity contribution in [3.63, 3.8) is 0 Å². The van der Waals surface area contributed by atoms with Crippen LogP contribution in [0.25, 0.3) is 21.7 Å². The third-order valence-electron chi connectivity index (χ3n) is 4.40. The molecule has 2 heterocycles. The SMILES string of the molecule is O=C(Cc1ccccc1)NCCC(=O)Nc1ccc2nc(-c3cccs3)[nH]c2c1. The highest BCUT2D eigenvalue weighted by molar-refractivity contribution is 7.13. The van der Waals surface area contributed by atoms with E-state index in [1.165, 1.54) is 0 Å². The lowest BCUT2D eigenvalue weighted by atomic mass is 10.1. The first-order chi connectivity index (χ1) is 14.2. The predicted molar refractivity (Wildman–Crippen MR) is 116 cm³/mol. The largest absolute Gasteiger partial charge is 0.355 e. The van der Waals surface area contributed by atoms with Gasteiger partial charge >= 0.3 is 0 Å². The number of benzene rings is 2. The molecule has 0 aliphatic carbocycles. The van der Waals surface area contributed by atoms with Gasteiger partial charge < -0.3 is 15.6 Å². The Morgan fingerprint density at radius 2 is 1.86 bits per heavy atom. The van der Waals surface area contributed by atoms with Gasteiger partial charge in [0.1, 0.15) is 5.82 Å². The molecule has 0 saturated carbocycles. The number of carbonyl (C=O) groups excluding carboxylic acids is 2. The van der Waals surface area contributed by atoms with Crippen LogP contribution < -0.4 is 10.6 Å². The highest BCUT2D eigenvalue weighted by Crippen LogP contribution is 2.25. The number of hydrogen-bond donors (Lipinski definition) is 3. The molecule has 7 heteroatoms. The van der Waals surface area contributed by atoms with Crippen molar-refractivity contribution < 1.29 is 9.59 Å². The Morgan fingerprint density at radius 3 is 2.66 bits per heavy atom. The minimum atomic E-state index is -0.151. The third kappa shape index (κ3) is 4.89. The van der Waals surface area contributed by atoms with E-state index < -0.39 is 0 Å². The summed E-state index contributed by atoms with van der Waals surface area (Å²) in [5, 5.41) is 7.65.